The topological polar surface area (TPSA) is 237 Å². The highest BCUT2D eigenvalue weighted by atomic mass is 31.2. The number of hydrogen-bond donors (Lipinski definition) is 3. The van der Waals surface area contributed by atoms with E-state index in [1.165, 1.54) is 244 Å². The van der Waals surface area contributed by atoms with Crippen LogP contribution < -0.4 is 0 Å². The molecule has 19 heteroatoms. The second-order valence-electron chi connectivity index (χ2n) is 29.9. The smallest absolute Gasteiger partial charge is 0.462 e. The van der Waals surface area contributed by atoms with Crippen LogP contribution in [0.2, 0.25) is 0 Å². The van der Waals surface area contributed by atoms with Gasteiger partial charge in [0.1, 0.15) is 19.3 Å². The minimum atomic E-state index is -4.96. The van der Waals surface area contributed by atoms with Gasteiger partial charge in [0.2, 0.25) is 0 Å². The first kappa shape index (κ1) is 98.1. The third-order valence-electron chi connectivity index (χ3n) is 19.3. The highest BCUT2D eigenvalue weighted by molar-refractivity contribution is 7.47. The van der Waals surface area contributed by atoms with Crippen molar-refractivity contribution in [2.75, 3.05) is 39.6 Å². The molecule has 0 amide bonds. The van der Waals surface area contributed by atoms with E-state index in [9.17, 15) is 43.2 Å². The Labute approximate surface area is 613 Å². The highest BCUT2D eigenvalue weighted by Crippen LogP contribution is 2.45. The maximum Gasteiger partial charge on any atom is 0.472 e. The third-order valence-corrected chi connectivity index (χ3v) is 21.2. The summed E-state index contributed by atoms with van der Waals surface area (Å²) in [6, 6.07) is 0. The number of unbranched alkanes of at least 4 members (excludes halogenated alkanes) is 49. The van der Waals surface area contributed by atoms with Gasteiger partial charge in [0.25, 0.3) is 0 Å². The van der Waals surface area contributed by atoms with Crippen molar-refractivity contribution < 1.29 is 80.2 Å². The fourth-order valence-electron chi connectivity index (χ4n) is 12.5. The zero-order valence-electron chi connectivity index (χ0n) is 65.5. The van der Waals surface area contributed by atoms with E-state index in [4.69, 9.17) is 37.0 Å². The van der Waals surface area contributed by atoms with E-state index < -0.39 is 97.5 Å². The van der Waals surface area contributed by atoms with Crippen LogP contribution in [-0.4, -0.2) is 96.7 Å². The van der Waals surface area contributed by atoms with E-state index in [2.05, 4.69) is 41.5 Å². The number of rotatable bonds is 80. The summed E-state index contributed by atoms with van der Waals surface area (Å²) in [4.78, 5) is 73.0. The van der Waals surface area contributed by atoms with E-state index in [1.807, 2.05) is 0 Å². The summed E-state index contributed by atoms with van der Waals surface area (Å²) in [7, 11) is -9.92. The van der Waals surface area contributed by atoms with Gasteiger partial charge in [-0.25, -0.2) is 9.13 Å². The normalized spacial score (nSPS) is 14.2. The number of carbonyl (C=O) groups excluding carboxylic acids is 4. The first-order valence-corrected chi connectivity index (χ1v) is 45.0. The summed E-state index contributed by atoms with van der Waals surface area (Å²) in [5, 5.41) is 10.6. The first-order valence-electron chi connectivity index (χ1n) is 42.0. The molecule has 0 saturated heterocycles. The van der Waals surface area contributed by atoms with Crippen LogP contribution in [0.4, 0.5) is 0 Å². The molecule has 0 saturated carbocycles. The van der Waals surface area contributed by atoms with Gasteiger partial charge in [-0.3, -0.25) is 37.3 Å². The van der Waals surface area contributed by atoms with Gasteiger partial charge < -0.3 is 33.8 Å². The first-order chi connectivity index (χ1) is 48.4. The van der Waals surface area contributed by atoms with Crippen LogP contribution >= 0.6 is 15.6 Å². The summed E-state index contributed by atoms with van der Waals surface area (Å²) in [6.45, 7) is 9.69. The average Bonchev–Trinajstić information content (AvgIpc) is 0.949. The molecular weight excluding hydrogens is 1310 g/mol. The monoisotopic (exact) mass is 1470 g/mol. The predicted octanol–water partition coefficient (Wildman–Crippen LogP) is 24.3. The van der Waals surface area contributed by atoms with Crippen LogP contribution in [0.15, 0.2) is 0 Å². The lowest BCUT2D eigenvalue weighted by atomic mass is 9.99. The van der Waals surface area contributed by atoms with Crippen molar-refractivity contribution in [3.05, 3.63) is 0 Å². The zero-order chi connectivity index (χ0) is 73.5. The number of carbonyl (C=O) groups is 4. The van der Waals surface area contributed by atoms with Crippen LogP contribution in [0.5, 0.6) is 0 Å². The molecule has 0 aromatic rings. The molecule has 0 radical (unpaired) electrons. The standard InChI is InChI=1S/C81H158O17P2/c1-7-10-12-14-16-18-20-21-26-30-33-40-46-52-58-64-79(84)92-70-77(97-80(85)65-59-53-47-41-34-31-28-25-23-22-24-27-29-32-37-43-49-55-61-73(4)5)72-96-100(89,90)94-68-75(82)67-93-99(87,88)95-71-76(69-91-78(83)63-57-51-45-39-19-17-15-13-11-8-2)98-81(86)66-60-54-48-42-36-35-38-44-50-56-62-74(6)9-3/h73-77,82H,7-72H2,1-6H3,(H,87,88)(H,89,90)/t74?,75-,76+,77+/m0/s1. The van der Waals surface area contributed by atoms with E-state index in [1.54, 1.807) is 0 Å². The van der Waals surface area contributed by atoms with Crippen molar-refractivity contribution in [1.82, 2.24) is 0 Å². The molecule has 0 fully saturated rings. The Morgan fingerprint density at radius 1 is 0.290 bits per heavy atom. The molecule has 3 unspecified atom stereocenters. The lowest BCUT2D eigenvalue weighted by molar-refractivity contribution is -0.161. The van der Waals surface area contributed by atoms with Gasteiger partial charge in [0, 0.05) is 25.7 Å². The molecule has 0 aliphatic rings. The highest BCUT2D eigenvalue weighted by Gasteiger charge is 2.30. The molecule has 594 valence electrons. The number of ether oxygens (including phenoxy) is 4. The van der Waals surface area contributed by atoms with Gasteiger partial charge in [0.15, 0.2) is 12.2 Å². The Bertz CT molecular complexity index is 1930. The summed E-state index contributed by atoms with van der Waals surface area (Å²) in [5.74, 6) is -0.484. The minimum absolute atomic E-state index is 0.107. The fraction of sp³-hybridized carbons (Fsp3) is 0.951. The van der Waals surface area contributed by atoms with E-state index in [0.29, 0.717) is 25.7 Å². The second kappa shape index (κ2) is 72.6. The maximum absolute atomic E-state index is 13.1. The van der Waals surface area contributed by atoms with Crippen LogP contribution in [0, 0.1) is 11.8 Å². The Balaban J connectivity index is 5.22. The SMILES string of the molecule is CCCCCCCCCCCCCCCCCC(=O)OC[C@H](COP(=O)(O)OC[C@@H](O)COP(=O)(O)OC[C@@H](COC(=O)CCCCCCCCCCCC)OC(=O)CCCCCCCCCCCCC(C)CC)OC(=O)CCCCCCCCCCCCCCCCCCCCC(C)C. The van der Waals surface area contributed by atoms with Crippen molar-refractivity contribution in [2.24, 2.45) is 11.8 Å². The number of phosphoric acid groups is 2. The number of aliphatic hydroxyl groups excluding tert-OH is 1. The molecule has 0 rings (SSSR count). The van der Waals surface area contributed by atoms with E-state index in [0.717, 1.165) is 102 Å². The largest absolute Gasteiger partial charge is 0.472 e. The molecule has 0 spiro atoms. The molecule has 100 heavy (non-hydrogen) atoms. The minimum Gasteiger partial charge on any atom is -0.462 e. The van der Waals surface area contributed by atoms with Gasteiger partial charge in [-0.2, -0.15) is 0 Å². The van der Waals surface area contributed by atoms with Gasteiger partial charge >= 0.3 is 39.5 Å². The molecule has 0 bridgehead atoms. The fourth-order valence-corrected chi connectivity index (χ4v) is 14.1. The van der Waals surface area contributed by atoms with Gasteiger partial charge in [-0.05, 0) is 37.5 Å². The summed E-state index contributed by atoms with van der Waals surface area (Å²) >= 11 is 0. The predicted molar refractivity (Wildman–Crippen MR) is 409 cm³/mol. The number of aliphatic hydroxyl groups is 1. The van der Waals surface area contributed by atoms with Gasteiger partial charge in [-0.1, -0.05) is 375 Å². The van der Waals surface area contributed by atoms with Crippen LogP contribution in [0.3, 0.4) is 0 Å². The molecule has 17 nitrogen and oxygen atoms in total. The lowest BCUT2D eigenvalue weighted by Crippen LogP contribution is -2.30. The number of phosphoric ester groups is 2. The second-order valence-corrected chi connectivity index (χ2v) is 32.8. The Kier molecular flexibility index (Phi) is 71.2. The molecule has 3 N–H and O–H groups in total. The third kappa shape index (κ3) is 73.0. The van der Waals surface area contributed by atoms with Crippen LogP contribution in [0.25, 0.3) is 0 Å². The molecular formula is C81H158O17P2. The molecule has 0 aromatic carbocycles. The van der Waals surface area contributed by atoms with Crippen LogP contribution in [0.1, 0.15) is 427 Å². The van der Waals surface area contributed by atoms with Crippen molar-refractivity contribution in [3.8, 4) is 0 Å². The Morgan fingerprint density at radius 2 is 0.510 bits per heavy atom. The number of esters is 4. The van der Waals surface area contributed by atoms with Gasteiger partial charge in [-0.15, -0.1) is 0 Å². The zero-order valence-corrected chi connectivity index (χ0v) is 67.3. The molecule has 6 atom stereocenters. The Hall–Kier alpha value is -1.94. The van der Waals surface area contributed by atoms with Crippen molar-refractivity contribution in [3.63, 3.8) is 0 Å². The summed E-state index contributed by atoms with van der Waals surface area (Å²) in [6.07, 6.45) is 62.3. The summed E-state index contributed by atoms with van der Waals surface area (Å²) in [5.41, 5.74) is 0. The Morgan fingerprint density at radius 3 is 0.760 bits per heavy atom. The average molecular weight is 1470 g/mol. The van der Waals surface area contributed by atoms with Crippen molar-refractivity contribution >= 4 is 39.5 Å². The maximum atomic E-state index is 13.1. The summed E-state index contributed by atoms with van der Waals surface area (Å²) < 4.78 is 68.7. The van der Waals surface area contributed by atoms with Gasteiger partial charge in [0.05, 0.1) is 26.4 Å². The van der Waals surface area contributed by atoms with Crippen LogP contribution in [-0.2, 0) is 65.4 Å². The quantitative estimate of drug-likeness (QED) is 0.0222. The molecule has 0 aliphatic carbocycles. The van der Waals surface area contributed by atoms with E-state index in [-0.39, 0.29) is 25.7 Å². The lowest BCUT2D eigenvalue weighted by Gasteiger charge is -2.21. The number of hydrogen-bond acceptors (Lipinski definition) is 15. The molecule has 0 aliphatic heterocycles. The molecule has 0 aromatic heterocycles. The van der Waals surface area contributed by atoms with Crippen molar-refractivity contribution in [1.29, 1.82) is 0 Å². The van der Waals surface area contributed by atoms with Crippen molar-refractivity contribution in [2.45, 2.75) is 445 Å². The van der Waals surface area contributed by atoms with E-state index >= 15 is 0 Å². The molecule has 0 heterocycles.